The molecule has 1 aromatic rings. The molecule has 0 atom stereocenters. The molecule has 33 heavy (non-hydrogen) atoms. The van der Waals surface area contributed by atoms with Gasteiger partial charge in [0.15, 0.2) is 0 Å². The Balaban J connectivity index is 0.0000102. The van der Waals surface area contributed by atoms with Crippen molar-refractivity contribution in [2.75, 3.05) is 39.2 Å². The highest BCUT2D eigenvalue weighted by Gasteiger charge is 2.12. The maximum atomic E-state index is 12.3. The Labute approximate surface area is 226 Å². The van der Waals surface area contributed by atoms with Crippen LogP contribution in [0.2, 0.25) is 0 Å². The summed E-state index contributed by atoms with van der Waals surface area (Å²) in [5.74, 6) is 3.82. The van der Waals surface area contributed by atoms with Crippen molar-refractivity contribution in [2.24, 2.45) is 0 Å². The van der Waals surface area contributed by atoms with Crippen molar-refractivity contribution in [1.29, 1.82) is 0 Å². The molecule has 4 nitrogen and oxygen atoms in total. The molecular weight excluding hydrogens is 543 g/mol. The molecule has 0 aliphatic heterocycles. The normalized spacial score (nSPS) is 11.5. The molecule has 0 saturated heterocycles. The average Bonchev–Trinajstić information content (AvgIpc) is 3.22. The Morgan fingerprint density at radius 1 is 0.848 bits per heavy atom. The Morgan fingerprint density at radius 3 is 2.09 bits per heavy atom. The van der Waals surface area contributed by atoms with E-state index in [0.717, 1.165) is 35.9 Å². The van der Waals surface area contributed by atoms with Crippen LogP contribution in [0.1, 0.15) is 120 Å². The lowest BCUT2D eigenvalue weighted by Gasteiger charge is -2.23. The summed E-state index contributed by atoms with van der Waals surface area (Å²) in [5.41, 5.74) is 0. The smallest absolute Gasteiger partial charge is 0.263 e. The Hall–Kier alpha value is -0.0800. The fraction of sp³-hybridized carbons (Fsp3) is 0.852. The fourth-order valence-electron chi connectivity index (χ4n) is 3.86. The van der Waals surface area contributed by atoms with Crippen molar-refractivity contribution in [1.82, 2.24) is 4.98 Å². The van der Waals surface area contributed by atoms with Gasteiger partial charge >= 0.3 is 0 Å². The van der Waals surface area contributed by atoms with Crippen LogP contribution < -0.4 is 24.0 Å². The Kier molecular flexibility index (Phi) is 21.2. The van der Waals surface area contributed by atoms with Crippen molar-refractivity contribution < 1.29 is 37.7 Å². The number of Topliss-reactive ketones (excluding diaryl/α,β-unsaturated/α-hetero) is 1. The molecule has 0 aromatic carbocycles. The minimum Gasteiger partial charge on any atom is -1.00 e. The highest BCUT2D eigenvalue weighted by Crippen LogP contribution is 2.15. The molecule has 0 saturated carbocycles. The second-order valence-corrected chi connectivity index (χ2v) is 11.5. The summed E-state index contributed by atoms with van der Waals surface area (Å²) >= 11 is 2.09. The van der Waals surface area contributed by atoms with E-state index in [-0.39, 0.29) is 29.8 Å². The van der Waals surface area contributed by atoms with E-state index in [1.54, 1.807) is 6.20 Å². The molecule has 0 fully saturated rings. The molecule has 6 heteroatoms. The molecule has 0 unspecified atom stereocenters. The van der Waals surface area contributed by atoms with E-state index in [1.165, 1.54) is 88.7 Å². The molecule has 0 spiro atoms. The van der Waals surface area contributed by atoms with Crippen LogP contribution >= 0.6 is 11.8 Å². The molecule has 0 aliphatic rings. The van der Waals surface area contributed by atoms with Crippen molar-refractivity contribution in [3.8, 4) is 0 Å². The Morgan fingerprint density at radius 2 is 1.42 bits per heavy atom. The number of rotatable bonds is 22. The number of thioether (sulfide) groups is 1. The summed E-state index contributed by atoms with van der Waals surface area (Å²) in [4.78, 5) is 16.5. The summed E-state index contributed by atoms with van der Waals surface area (Å²) in [6.07, 6.45) is 20.8. The molecule has 1 rings (SSSR count). The number of oxazole rings is 1. The van der Waals surface area contributed by atoms with Gasteiger partial charge in [-0.1, -0.05) is 71.1 Å². The van der Waals surface area contributed by atoms with Crippen LogP contribution in [0, 0.1) is 0 Å². The molecule has 0 N–H and O–H groups in total. The molecular formula is C27H51IN2O2S. The van der Waals surface area contributed by atoms with Crippen LogP contribution in [0.4, 0.5) is 0 Å². The number of carbonyl (C=O) groups is 1. The number of halogens is 1. The van der Waals surface area contributed by atoms with Gasteiger partial charge in [-0.3, -0.25) is 4.79 Å². The quantitative estimate of drug-likeness (QED) is 0.0844. The van der Waals surface area contributed by atoms with Crippen LogP contribution in [0.25, 0.3) is 0 Å². The van der Waals surface area contributed by atoms with Gasteiger partial charge in [-0.2, -0.15) is 11.8 Å². The maximum Gasteiger partial charge on any atom is 0.263 e. The van der Waals surface area contributed by atoms with Gasteiger partial charge in [0.05, 0.1) is 33.9 Å². The lowest BCUT2D eigenvalue weighted by molar-refractivity contribution is -0.870. The summed E-state index contributed by atoms with van der Waals surface area (Å²) < 4.78 is 6.78. The minimum atomic E-state index is 0. The first kappa shape index (κ1) is 32.9. The monoisotopic (exact) mass is 594 g/mol. The van der Waals surface area contributed by atoms with Gasteiger partial charge in [-0.15, -0.1) is 0 Å². The standard InChI is InChI=1S/C27H51N2O2S.HI/c1-5-6-7-8-9-10-11-12-16-20-26(30)27-28-24-25(31-27)19-15-13-14-17-22-32-23-18-21-29(2,3)4;/h24H,5-23H2,1-4H3;1H/q+1;/p-1. The molecule has 194 valence electrons. The predicted molar refractivity (Wildman–Crippen MR) is 140 cm³/mol. The topological polar surface area (TPSA) is 43.1 Å². The number of quaternary nitrogens is 1. The van der Waals surface area contributed by atoms with E-state index in [2.05, 4.69) is 44.8 Å². The molecule has 0 radical (unpaired) electrons. The number of aromatic nitrogens is 1. The first-order valence-electron chi connectivity index (χ1n) is 13.3. The number of unbranched alkanes of at least 4 members (excludes halogenated alkanes) is 11. The van der Waals surface area contributed by atoms with E-state index in [1.807, 2.05) is 0 Å². The van der Waals surface area contributed by atoms with Gasteiger partial charge in [-0.05, 0) is 30.8 Å². The third kappa shape index (κ3) is 19.9. The zero-order chi connectivity index (χ0) is 23.5. The first-order chi connectivity index (χ1) is 15.4. The van der Waals surface area contributed by atoms with Crippen LogP contribution in [-0.2, 0) is 6.42 Å². The average molecular weight is 595 g/mol. The van der Waals surface area contributed by atoms with Crippen molar-refractivity contribution >= 4 is 17.5 Å². The minimum absolute atomic E-state index is 0. The zero-order valence-electron chi connectivity index (χ0n) is 22.0. The molecule has 0 aliphatic carbocycles. The number of hydrogen-bond donors (Lipinski definition) is 0. The second-order valence-electron chi connectivity index (χ2n) is 10.3. The lowest BCUT2D eigenvalue weighted by atomic mass is 10.1. The van der Waals surface area contributed by atoms with Crippen LogP contribution in [-0.4, -0.2) is 54.4 Å². The largest absolute Gasteiger partial charge is 1.00 e. The summed E-state index contributed by atoms with van der Waals surface area (Å²) in [5, 5.41) is 0. The molecule has 1 heterocycles. The number of aryl methyl sites for hydroxylation is 1. The third-order valence-electron chi connectivity index (χ3n) is 5.88. The van der Waals surface area contributed by atoms with Crippen molar-refractivity contribution in [3.05, 3.63) is 17.8 Å². The van der Waals surface area contributed by atoms with Crippen LogP contribution in [0.5, 0.6) is 0 Å². The van der Waals surface area contributed by atoms with E-state index >= 15 is 0 Å². The molecule has 0 bridgehead atoms. The van der Waals surface area contributed by atoms with Gasteiger partial charge in [0.1, 0.15) is 5.76 Å². The Bertz CT molecular complexity index is 587. The summed E-state index contributed by atoms with van der Waals surface area (Å²) in [7, 11) is 6.78. The van der Waals surface area contributed by atoms with Gasteiger partial charge in [0, 0.05) is 19.3 Å². The second kappa shape index (κ2) is 21.2. The highest BCUT2D eigenvalue weighted by molar-refractivity contribution is 7.99. The highest BCUT2D eigenvalue weighted by atomic mass is 127. The number of nitrogens with zero attached hydrogens (tertiary/aromatic N) is 2. The first-order valence-corrected chi connectivity index (χ1v) is 14.4. The zero-order valence-corrected chi connectivity index (χ0v) is 25.0. The number of hydrogen-bond acceptors (Lipinski definition) is 4. The fourth-order valence-corrected chi connectivity index (χ4v) is 4.80. The van der Waals surface area contributed by atoms with Gasteiger partial charge in [0.2, 0.25) is 5.78 Å². The van der Waals surface area contributed by atoms with E-state index < -0.39 is 0 Å². The van der Waals surface area contributed by atoms with Crippen molar-refractivity contribution in [3.63, 3.8) is 0 Å². The SMILES string of the molecule is CCCCCCCCCCCC(=O)c1ncc(CCCCCCSCCC[N+](C)(C)C)o1.[I-]. The van der Waals surface area contributed by atoms with E-state index in [0.29, 0.717) is 12.3 Å². The maximum absolute atomic E-state index is 12.3. The molecule has 1 aromatic heterocycles. The van der Waals surface area contributed by atoms with Crippen LogP contribution in [0.3, 0.4) is 0 Å². The summed E-state index contributed by atoms with van der Waals surface area (Å²) in [6.45, 7) is 3.51. The van der Waals surface area contributed by atoms with Gasteiger partial charge in [-0.25, -0.2) is 4.98 Å². The lowest BCUT2D eigenvalue weighted by Crippen LogP contribution is -3.00. The van der Waals surface area contributed by atoms with Gasteiger partial charge in [0.25, 0.3) is 5.89 Å². The number of carbonyl (C=O) groups excluding carboxylic acids is 1. The predicted octanol–water partition coefficient (Wildman–Crippen LogP) is 4.71. The molecule has 0 amide bonds. The third-order valence-corrected chi connectivity index (χ3v) is 7.03. The summed E-state index contributed by atoms with van der Waals surface area (Å²) in [6, 6.07) is 0. The van der Waals surface area contributed by atoms with Crippen LogP contribution in [0.15, 0.2) is 10.6 Å². The van der Waals surface area contributed by atoms with E-state index in [4.69, 9.17) is 4.42 Å². The number of ketones is 1. The van der Waals surface area contributed by atoms with E-state index in [9.17, 15) is 4.79 Å². The van der Waals surface area contributed by atoms with Gasteiger partial charge < -0.3 is 32.9 Å². The van der Waals surface area contributed by atoms with Crippen molar-refractivity contribution in [2.45, 2.75) is 110 Å².